The van der Waals surface area contributed by atoms with Crippen molar-refractivity contribution in [2.75, 3.05) is 0 Å². The second-order valence-electron chi connectivity index (χ2n) is 7.58. The van der Waals surface area contributed by atoms with Crippen LogP contribution in [0.1, 0.15) is 48.2 Å². The van der Waals surface area contributed by atoms with Crippen molar-refractivity contribution in [1.82, 2.24) is 9.88 Å². The van der Waals surface area contributed by atoms with E-state index in [1.54, 1.807) is 0 Å². The first kappa shape index (κ1) is 17.8. The molecule has 4 rings (SSSR count). The van der Waals surface area contributed by atoms with Crippen LogP contribution < -0.4 is 0 Å². The molecule has 27 heavy (non-hydrogen) atoms. The van der Waals surface area contributed by atoms with Crippen LogP contribution in [0.25, 0.3) is 5.57 Å². The lowest BCUT2D eigenvalue weighted by Crippen LogP contribution is -2.51. The van der Waals surface area contributed by atoms with Gasteiger partial charge in [-0.15, -0.1) is 0 Å². The van der Waals surface area contributed by atoms with Gasteiger partial charge in [0.1, 0.15) is 6.61 Å². The van der Waals surface area contributed by atoms with Gasteiger partial charge in [-0.3, -0.25) is 9.88 Å². The Labute approximate surface area is 160 Å². The number of aryl methyl sites for hydroxylation is 2. The van der Waals surface area contributed by atoms with E-state index in [4.69, 9.17) is 4.74 Å². The van der Waals surface area contributed by atoms with E-state index in [-0.39, 0.29) is 18.2 Å². The van der Waals surface area contributed by atoms with Gasteiger partial charge in [0, 0.05) is 17.4 Å². The zero-order valence-electron chi connectivity index (χ0n) is 16.0. The second kappa shape index (κ2) is 7.55. The summed E-state index contributed by atoms with van der Waals surface area (Å²) in [7, 11) is 0. The summed E-state index contributed by atoms with van der Waals surface area (Å²) in [5.74, 6) is 0. The third-order valence-electron chi connectivity index (χ3n) is 5.62. The molecule has 140 valence electrons. The van der Waals surface area contributed by atoms with Crippen molar-refractivity contribution < 1.29 is 9.53 Å². The van der Waals surface area contributed by atoms with Gasteiger partial charge in [-0.1, -0.05) is 42.5 Å². The lowest BCUT2D eigenvalue weighted by molar-refractivity contribution is 0.0510. The molecule has 2 aromatic rings. The lowest BCUT2D eigenvalue weighted by atomic mass is 9.83. The molecule has 2 aliphatic rings. The van der Waals surface area contributed by atoms with Gasteiger partial charge in [0.15, 0.2) is 0 Å². The van der Waals surface area contributed by atoms with E-state index in [1.165, 1.54) is 11.1 Å². The maximum atomic E-state index is 12.8. The number of amides is 1. The number of nitrogens with zero attached hydrogens (tertiary/aromatic N) is 2. The monoisotopic (exact) mass is 362 g/mol. The maximum Gasteiger partial charge on any atom is 0.410 e. The molecular formula is C23H26N2O2. The Bertz CT molecular complexity index is 860. The predicted molar refractivity (Wildman–Crippen MR) is 106 cm³/mol. The number of benzene rings is 1. The van der Waals surface area contributed by atoms with Crippen molar-refractivity contribution in [1.29, 1.82) is 0 Å². The Balaban J connectivity index is 1.52. The van der Waals surface area contributed by atoms with Crippen molar-refractivity contribution in [2.45, 2.75) is 58.2 Å². The van der Waals surface area contributed by atoms with E-state index in [0.29, 0.717) is 6.61 Å². The van der Waals surface area contributed by atoms with Crippen LogP contribution in [0.4, 0.5) is 4.79 Å². The molecule has 0 saturated carbocycles. The van der Waals surface area contributed by atoms with Gasteiger partial charge in [0.05, 0.1) is 6.04 Å². The average Bonchev–Trinajstić information content (AvgIpc) is 2.66. The van der Waals surface area contributed by atoms with E-state index < -0.39 is 0 Å². The van der Waals surface area contributed by atoms with E-state index in [0.717, 1.165) is 42.6 Å². The van der Waals surface area contributed by atoms with E-state index in [9.17, 15) is 4.79 Å². The molecular weight excluding hydrogens is 336 g/mol. The highest BCUT2D eigenvalue weighted by Gasteiger charge is 2.38. The molecule has 2 atom stereocenters. The Morgan fingerprint density at radius 3 is 2.70 bits per heavy atom. The molecule has 3 heterocycles. The molecule has 0 radical (unpaired) electrons. The lowest BCUT2D eigenvalue weighted by Gasteiger charge is -2.44. The fourth-order valence-corrected chi connectivity index (χ4v) is 4.33. The van der Waals surface area contributed by atoms with E-state index in [1.807, 2.05) is 42.2 Å². The van der Waals surface area contributed by atoms with Crippen LogP contribution in [0.3, 0.4) is 0 Å². The number of aromatic nitrogens is 1. The Morgan fingerprint density at radius 2 is 1.96 bits per heavy atom. The van der Waals surface area contributed by atoms with Gasteiger partial charge in [-0.25, -0.2) is 4.79 Å². The number of fused-ring (bicyclic) bond motifs is 2. The quantitative estimate of drug-likeness (QED) is 0.768. The highest BCUT2D eigenvalue weighted by molar-refractivity contribution is 5.75. The number of carbonyl (C=O) groups excluding carboxylic acids is 1. The summed E-state index contributed by atoms with van der Waals surface area (Å²) in [6, 6.07) is 14.4. The Hall–Kier alpha value is -2.62. The van der Waals surface area contributed by atoms with Crippen LogP contribution in [-0.4, -0.2) is 28.1 Å². The largest absolute Gasteiger partial charge is 0.445 e. The fourth-order valence-electron chi connectivity index (χ4n) is 4.33. The van der Waals surface area contributed by atoms with Crippen molar-refractivity contribution in [3.05, 3.63) is 71.1 Å². The fraction of sp³-hybridized carbons (Fsp3) is 0.391. The number of rotatable bonds is 3. The number of ether oxygens (including phenoxy) is 1. The number of hydrogen-bond donors (Lipinski definition) is 0. The molecule has 2 bridgehead atoms. The van der Waals surface area contributed by atoms with E-state index >= 15 is 0 Å². The predicted octanol–water partition coefficient (Wildman–Crippen LogP) is 5.05. The maximum absolute atomic E-state index is 12.8. The summed E-state index contributed by atoms with van der Waals surface area (Å²) in [6.45, 7) is 4.41. The van der Waals surface area contributed by atoms with Crippen LogP contribution in [0.15, 0.2) is 48.5 Å². The summed E-state index contributed by atoms with van der Waals surface area (Å²) in [6.07, 6.45) is 6.14. The molecule has 0 N–H and O–H groups in total. The summed E-state index contributed by atoms with van der Waals surface area (Å²) < 4.78 is 5.63. The minimum atomic E-state index is -0.192. The Morgan fingerprint density at radius 1 is 1.15 bits per heavy atom. The molecule has 1 aromatic carbocycles. The highest BCUT2D eigenvalue weighted by atomic mass is 16.6. The molecule has 1 aromatic heterocycles. The molecule has 1 amide bonds. The second-order valence-corrected chi connectivity index (χ2v) is 7.58. The topological polar surface area (TPSA) is 42.4 Å². The van der Waals surface area contributed by atoms with Crippen molar-refractivity contribution in [3.63, 3.8) is 0 Å². The van der Waals surface area contributed by atoms with Gasteiger partial charge >= 0.3 is 6.09 Å². The first-order valence-electron chi connectivity index (χ1n) is 9.76. The summed E-state index contributed by atoms with van der Waals surface area (Å²) in [4.78, 5) is 19.4. The minimum absolute atomic E-state index is 0.122. The molecule has 2 aliphatic heterocycles. The third kappa shape index (κ3) is 3.75. The van der Waals surface area contributed by atoms with Crippen molar-refractivity contribution in [2.24, 2.45) is 0 Å². The zero-order chi connectivity index (χ0) is 18.8. The summed E-state index contributed by atoms with van der Waals surface area (Å²) >= 11 is 0. The van der Waals surface area contributed by atoms with Gasteiger partial charge in [0.2, 0.25) is 0 Å². The van der Waals surface area contributed by atoms with Gasteiger partial charge < -0.3 is 4.74 Å². The van der Waals surface area contributed by atoms with Crippen LogP contribution in [0, 0.1) is 13.8 Å². The number of carbonyl (C=O) groups is 1. The van der Waals surface area contributed by atoms with Gasteiger partial charge in [-0.05, 0) is 62.3 Å². The highest BCUT2D eigenvalue weighted by Crippen LogP contribution is 2.38. The van der Waals surface area contributed by atoms with E-state index in [2.05, 4.69) is 30.1 Å². The SMILES string of the molecule is Cc1ccc(C2=CC3CCCC(C2)N3C(=O)OCc2ccccc2)c(C)n1. The molecule has 0 spiro atoms. The normalized spacial score (nSPS) is 21.6. The van der Waals surface area contributed by atoms with Gasteiger partial charge in [0.25, 0.3) is 0 Å². The smallest absolute Gasteiger partial charge is 0.410 e. The molecule has 2 unspecified atom stereocenters. The van der Waals surface area contributed by atoms with Crippen LogP contribution in [0.2, 0.25) is 0 Å². The third-order valence-corrected chi connectivity index (χ3v) is 5.62. The molecule has 4 heteroatoms. The number of piperidine rings is 1. The molecule has 0 aliphatic carbocycles. The number of pyridine rings is 1. The van der Waals surface area contributed by atoms with Crippen molar-refractivity contribution >= 4 is 11.7 Å². The van der Waals surface area contributed by atoms with Crippen LogP contribution >= 0.6 is 0 Å². The zero-order valence-corrected chi connectivity index (χ0v) is 16.0. The number of hydrogen-bond acceptors (Lipinski definition) is 3. The van der Waals surface area contributed by atoms with Gasteiger partial charge in [-0.2, -0.15) is 0 Å². The van der Waals surface area contributed by atoms with Crippen molar-refractivity contribution in [3.8, 4) is 0 Å². The molecule has 1 saturated heterocycles. The minimum Gasteiger partial charge on any atom is -0.445 e. The molecule has 1 fully saturated rings. The standard InChI is InChI=1S/C23H26N2O2/c1-16-11-12-22(17(2)24-16)19-13-20-9-6-10-21(14-19)25(20)23(26)27-15-18-7-4-3-5-8-18/h3-5,7-8,11-13,20-21H,6,9-10,14-15H2,1-2H3. The first-order chi connectivity index (χ1) is 13.1. The van der Waals surface area contributed by atoms with Crippen LogP contribution in [0.5, 0.6) is 0 Å². The molecule has 4 nitrogen and oxygen atoms in total. The average molecular weight is 362 g/mol. The summed E-state index contributed by atoms with van der Waals surface area (Å²) in [5.41, 5.74) is 5.67. The Kier molecular flexibility index (Phi) is 4.97. The van der Waals surface area contributed by atoms with Crippen LogP contribution in [-0.2, 0) is 11.3 Å². The first-order valence-corrected chi connectivity index (χ1v) is 9.76. The summed E-state index contributed by atoms with van der Waals surface area (Å²) in [5, 5.41) is 0.